The fourth-order valence-electron chi connectivity index (χ4n) is 4.34. The van der Waals surface area contributed by atoms with E-state index >= 15 is 0 Å². The highest BCUT2D eigenvalue weighted by atomic mass is 16.5. The minimum absolute atomic E-state index is 0.122. The zero-order valence-electron chi connectivity index (χ0n) is 15.6. The molecule has 1 saturated heterocycles. The highest BCUT2D eigenvalue weighted by molar-refractivity contribution is 5.75. The SMILES string of the molecule is Cc1noc(CCCC(=O)NCCN2CCC3(CCCCC3)CC2)n1. The van der Waals surface area contributed by atoms with Crippen molar-refractivity contribution in [1.29, 1.82) is 0 Å². The van der Waals surface area contributed by atoms with Gasteiger partial charge in [0.25, 0.3) is 0 Å². The van der Waals surface area contributed by atoms with Crippen LogP contribution in [0.5, 0.6) is 0 Å². The molecule has 1 spiro atoms. The highest BCUT2D eigenvalue weighted by Crippen LogP contribution is 2.44. The number of piperidine rings is 1. The van der Waals surface area contributed by atoms with Gasteiger partial charge in [0.1, 0.15) is 0 Å². The Balaban J connectivity index is 1.25. The molecule has 25 heavy (non-hydrogen) atoms. The van der Waals surface area contributed by atoms with E-state index in [9.17, 15) is 4.79 Å². The van der Waals surface area contributed by atoms with Crippen LogP contribution in [-0.2, 0) is 11.2 Å². The maximum absolute atomic E-state index is 11.9. The summed E-state index contributed by atoms with van der Waals surface area (Å²) in [6.45, 7) is 5.94. The number of aryl methyl sites for hydroxylation is 2. The molecule has 1 amide bonds. The van der Waals surface area contributed by atoms with E-state index in [4.69, 9.17) is 4.52 Å². The van der Waals surface area contributed by atoms with Crippen LogP contribution in [0.15, 0.2) is 4.52 Å². The van der Waals surface area contributed by atoms with Crippen LogP contribution in [0.2, 0.25) is 0 Å². The first kappa shape index (κ1) is 18.4. The third-order valence-corrected chi connectivity index (χ3v) is 5.95. The van der Waals surface area contributed by atoms with Crippen molar-refractivity contribution in [2.24, 2.45) is 5.41 Å². The fraction of sp³-hybridized carbons (Fsp3) is 0.842. The molecule has 0 bridgehead atoms. The number of hydrogen-bond acceptors (Lipinski definition) is 5. The summed E-state index contributed by atoms with van der Waals surface area (Å²) in [5.41, 5.74) is 0.658. The molecule has 0 radical (unpaired) electrons. The average Bonchev–Trinajstić information content (AvgIpc) is 3.03. The number of nitrogens with zero attached hydrogens (tertiary/aromatic N) is 3. The summed E-state index contributed by atoms with van der Waals surface area (Å²) in [7, 11) is 0. The van der Waals surface area contributed by atoms with Gasteiger partial charge in [-0.05, 0) is 57.5 Å². The molecule has 0 atom stereocenters. The topological polar surface area (TPSA) is 71.3 Å². The van der Waals surface area contributed by atoms with Crippen LogP contribution in [-0.4, -0.2) is 47.1 Å². The smallest absolute Gasteiger partial charge is 0.226 e. The lowest BCUT2D eigenvalue weighted by molar-refractivity contribution is -0.121. The van der Waals surface area contributed by atoms with E-state index < -0.39 is 0 Å². The predicted molar refractivity (Wildman–Crippen MR) is 96.2 cm³/mol. The van der Waals surface area contributed by atoms with E-state index in [1.807, 2.05) is 0 Å². The van der Waals surface area contributed by atoms with Crippen molar-refractivity contribution in [3.8, 4) is 0 Å². The second kappa shape index (κ2) is 8.79. The lowest BCUT2D eigenvalue weighted by atomic mass is 9.68. The van der Waals surface area contributed by atoms with E-state index in [0.717, 1.165) is 19.5 Å². The molecule has 0 aromatic carbocycles. The molecule has 140 valence electrons. The van der Waals surface area contributed by atoms with E-state index in [-0.39, 0.29) is 5.91 Å². The molecule has 1 aromatic heterocycles. The van der Waals surface area contributed by atoms with Gasteiger partial charge in [0.05, 0.1) is 0 Å². The number of carbonyl (C=O) groups is 1. The molecule has 1 saturated carbocycles. The number of likely N-dealkylation sites (tertiary alicyclic amines) is 1. The normalized spacial score (nSPS) is 20.7. The van der Waals surface area contributed by atoms with Gasteiger partial charge in [-0.2, -0.15) is 4.98 Å². The van der Waals surface area contributed by atoms with E-state index in [1.54, 1.807) is 6.92 Å². The second-order valence-electron chi connectivity index (χ2n) is 7.84. The molecule has 6 heteroatoms. The summed E-state index contributed by atoms with van der Waals surface area (Å²) < 4.78 is 5.05. The van der Waals surface area contributed by atoms with Gasteiger partial charge in [0.2, 0.25) is 11.8 Å². The molecule has 3 rings (SSSR count). The van der Waals surface area contributed by atoms with Crippen molar-refractivity contribution in [2.75, 3.05) is 26.2 Å². The maximum Gasteiger partial charge on any atom is 0.226 e. The summed E-state index contributed by atoms with van der Waals surface area (Å²) in [5, 5.41) is 6.80. The Morgan fingerprint density at radius 2 is 1.96 bits per heavy atom. The highest BCUT2D eigenvalue weighted by Gasteiger charge is 2.35. The first-order valence-corrected chi connectivity index (χ1v) is 9.94. The van der Waals surface area contributed by atoms with Crippen LogP contribution < -0.4 is 5.32 Å². The maximum atomic E-state index is 11.9. The molecule has 6 nitrogen and oxygen atoms in total. The Labute approximate surface area is 150 Å². The molecule has 1 aliphatic carbocycles. The van der Waals surface area contributed by atoms with E-state index in [1.165, 1.54) is 58.0 Å². The predicted octanol–water partition coefficient (Wildman–Crippen LogP) is 2.86. The largest absolute Gasteiger partial charge is 0.355 e. The van der Waals surface area contributed by atoms with Gasteiger partial charge in [-0.1, -0.05) is 24.4 Å². The summed E-state index contributed by atoms with van der Waals surface area (Å²) in [4.78, 5) is 18.6. The van der Waals surface area contributed by atoms with Crippen molar-refractivity contribution < 1.29 is 9.32 Å². The standard InChI is InChI=1S/C19H32N4O2/c1-16-21-18(25-22-16)7-5-6-17(24)20-12-15-23-13-10-19(11-14-23)8-3-2-4-9-19/h2-15H2,1H3,(H,20,24). The van der Waals surface area contributed by atoms with Gasteiger partial charge < -0.3 is 14.7 Å². The second-order valence-corrected chi connectivity index (χ2v) is 7.84. The molecular formula is C19H32N4O2. The minimum atomic E-state index is 0.122. The monoisotopic (exact) mass is 348 g/mol. The summed E-state index contributed by atoms with van der Waals surface area (Å²) in [6.07, 6.45) is 11.8. The van der Waals surface area contributed by atoms with Crippen LogP contribution in [0.1, 0.15) is 69.5 Å². The van der Waals surface area contributed by atoms with Crippen molar-refractivity contribution in [2.45, 2.75) is 71.1 Å². The van der Waals surface area contributed by atoms with Gasteiger partial charge in [-0.3, -0.25) is 4.79 Å². The summed E-state index contributed by atoms with van der Waals surface area (Å²) in [6, 6.07) is 0. The molecule has 2 aliphatic rings. The van der Waals surface area contributed by atoms with Crippen LogP contribution in [0, 0.1) is 12.3 Å². The van der Waals surface area contributed by atoms with Crippen LogP contribution in [0.3, 0.4) is 0 Å². The van der Waals surface area contributed by atoms with Gasteiger partial charge >= 0.3 is 0 Å². The molecule has 1 aromatic rings. The zero-order valence-corrected chi connectivity index (χ0v) is 15.6. The van der Waals surface area contributed by atoms with E-state index in [2.05, 4.69) is 20.4 Å². The lowest BCUT2D eigenvalue weighted by Gasteiger charge is -2.44. The minimum Gasteiger partial charge on any atom is -0.355 e. The van der Waals surface area contributed by atoms with E-state index in [0.29, 0.717) is 30.0 Å². The number of aromatic nitrogens is 2. The first-order valence-electron chi connectivity index (χ1n) is 9.94. The Hall–Kier alpha value is -1.43. The lowest BCUT2D eigenvalue weighted by Crippen LogP contribution is -2.44. The number of carbonyl (C=O) groups excluding carboxylic acids is 1. The Morgan fingerprint density at radius 3 is 2.64 bits per heavy atom. The number of amides is 1. The zero-order chi connectivity index (χ0) is 17.5. The molecule has 1 aliphatic heterocycles. The van der Waals surface area contributed by atoms with Crippen LogP contribution in [0.25, 0.3) is 0 Å². The molecule has 2 heterocycles. The Bertz CT molecular complexity index is 541. The van der Waals surface area contributed by atoms with Gasteiger partial charge in [-0.25, -0.2) is 0 Å². The fourth-order valence-corrected chi connectivity index (χ4v) is 4.34. The number of rotatable bonds is 7. The summed E-state index contributed by atoms with van der Waals surface area (Å²) in [5.74, 6) is 1.39. The third kappa shape index (κ3) is 5.53. The summed E-state index contributed by atoms with van der Waals surface area (Å²) >= 11 is 0. The first-order chi connectivity index (χ1) is 12.2. The van der Waals surface area contributed by atoms with Gasteiger partial charge in [0.15, 0.2) is 5.82 Å². The molecule has 2 fully saturated rings. The van der Waals surface area contributed by atoms with Crippen LogP contribution >= 0.6 is 0 Å². The number of hydrogen-bond donors (Lipinski definition) is 1. The van der Waals surface area contributed by atoms with Crippen LogP contribution in [0.4, 0.5) is 0 Å². The van der Waals surface area contributed by atoms with Crippen molar-refractivity contribution in [3.63, 3.8) is 0 Å². The van der Waals surface area contributed by atoms with Gasteiger partial charge in [-0.15, -0.1) is 0 Å². The van der Waals surface area contributed by atoms with Crippen molar-refractivity contribution >= 4 is 5.91 Å². The van der Waals surface area contributed by atoms with Crippen molar-refractivity contribution in [1.82, 2.24) is 20.4 Å². The average molecular weight is 348 g/mol. The Kier molecular flexibility index (Phi) is 6.45. The molecule has 1 N–H and O–H groups in total. The van der Waals surface area contributed by atoms with Gasteiger partial charge in [0, 0.05) is 25.9 Å². The number of nitrogens with one attached hydrogen (secondary N) is 1. The third-order valence-electron chi connectivity index (χ3n) is 5.95. The van der Waals surface area contributed by atoms with Crippen molar-refractivity contribution in [3.05, 3.63) is 11.7 Å². The Morgan fingerprint density at radius 1 is 1.20 bits per heavy atom. The molecular weight excluding hydrogens is 316 g/mol. The molecule has 0 unspecified atom stereocenters. The quantitative estimate of drug-likeness (QED) is 0.820.